The predicted octanol–water partition coefficient (Wildman–Crippen LogP) is 1.79. The predicted molar refractivity (Wildman–Crippen MR) is 74.9 cm³/mol. The molecule has 0 saturated heterocycles. The number of nitrogens with one attached hydrogen (secondary N) is 1. The van der Waals surface area contributed by atoms with Crippen molar-refractivity contribution in [2.24, 2.45) is 0 Å². The van der Waals surface area contributed by atoms with E-state index >= 15 is 0 Å². The van der Waals surface area contributed by atoms with Gasteiger partial charge in [-0.05, 0) is 30.7 Å². The van der Waals surface area contributed by atoms with E-state index in [0.717, 1.165) is 21.8 Å². The molecule has 0 atom stereocenters. The number of rotatable bonds is 5. The van der Waals surface area contributed by atoms with Gasteiger partial charge < -0.3 is 5.11 Å². The van der Waals surface area contributed by atoms with Crippen molar-refractivity contribution in [3.05, 3.63) is 41.0 Å². The van der Waals surface area contributed by atoms with E-state index < -0.39 is 10.0 Å². The van der Waals surface area contributed by atoms with Gasteiger partial charge in [-0.3, -0.25) is 9.71 Å². The summed E-state index contributed by atoms with van der Waals surface area (Å²) in [6.45, 7) is 1.82. The minimum absolute atomic E-state index is 0.00907. The molecule has 0 spiro atoms. The van der Waals surface area contributed by atoms with Crippen LogP contribution in [0.4, 0.5) is 5.69 Å². The topological polar surface area (TPSA) is 79.3 Å². The molecule has 102 valence electrons. The van der Waals surface area contributed by atoms with Gasteiger partial charge in [0.2, 0.25) is 0 Å². The van der Waals surface area contributed by atoms with Crippen LogP contribution in [-0.2, 0) is 16.4 Å². The van der Waals surface area contributed by atoms with Crippen molar-refractivity contribution >= 4 is 27.0 Å². The average molecular weight is 298 g/mol. The van der Waals surface area contributed by atoms with E-state index in [-0.39, 0.29) is 10.8 Å². The third kappa shape index (κ3) is 3.31. The molecule has 0 fully saturated rings. The first-order valence-electron chi connectivity index (χ1n) is 5.66. The van der Waals surface area contributed by atoms with Crippen LogP contribution in [0.25, 0.3) is 0 Å². The summed E-state index contributed by atoms with van der Waals surface area (Å²) in [6, 6.07) is 5.00. The summed E-state index contributed by atoms with van der Waals surface area (Å²) in [5, 5.41) is 8.84. The quantitative estimate of drug-likeness (QED) is 0.882. The molecule has 0 bridgehead atoms. The summed E-state index contributed by atoms with van der Waals surface area (Å²) in [5.41, 5.74) is 1.28. The van der Waals surface area contributed by atoms with Crippen LogP contribution in [0.15, 0.2) is 34.8 Å². The second-order valence-electron chi connectivity index (χ2n) is 3.99. The molecule has 0 radical (unpaired) electrons. The second kappa shape index (κ2) is 5.68. The van der Waals surface area contributed by atoms with Gasteiger partial charge in [0, 0.05) is 24.1 Å². The summed E-state index contributed by atoms with van der Waals surface area (Å²) in [5.74, 6) is 0. The van der Waals surface area contributed by atoms with Gasteiger partial charge in [0.25, 0.3) is 10.0 Å². The Bertz CT molecular complexity index is 665. The lowest BCUT2D eigenvalue weighted by atomic mass is 10.3. The van der Waals surface area contributed by atoms with Crippen molar-refractivity contribution in [3.63, 3.8) is 0 Å². The van der Waals surface area contributed by atoms with Gasteiger partial charge in [-0.25, -0.2) is 8.42 Å². The Hall–Kier alpha value is -1.44. The van der Waals surface area contributed by atoms with E-state index in [4.69, 9.17) is 5.11 Å². The van der Waals surface area contributed by atoms with Crippen LogP contribution in [0.5, 0.6) is 0 Å². The number of sulfonamides is 1. The van der Waals surface area contributed by atoms with Crippen LogP contribution < -0.4 is 4.72 Å². The monoisotopic (exact) mass is 298 g/mol. The van der Waals surface area contributed by atoms with Gasteiger partial charge in [-0.2, -0.15) is 0 Å². The van der Waals surface area contributed by atoms with Gasteiger partial charge in [0.1, 0.15) is 4.21 Å². The van der Waals surface area contributed by atoms with Crippen LogP contribution in [-0.4, -0.2) is 25.1 Å². The first-order valence-corrected chi connectivity index (χ1v) is 7.96. The van der Waals surface area contributed by atoms with Crippen molar-refractivity contribution in [1.82, 2.24) is 4.98 Å². The molecular formula is C12H14N2O3S2. The summed E-state index contributed by atoms with van der Waals surface area (Å²) in [7, 11) is -3.59. The zero-order chi connectivity index (χ0) is 13.9. The fraction of sp³-hybridized carbons (Fsp3) is 0.250. The number of hydrogen-bond donors (Lipinski definition) is 2. The molecule has 0 aliphatic carbocycles. The molecule has 0 saturated carbocycles. The first kappa shape index (κ1) is 14.0. The van der Waals surface area contributed by atoms with Crippen LogP contribution in [0.3, 0.4) is 0 Å². The maximum atomic E-state index is 12.2. The van der Waals surface area contributed by atoms with Crippen molar-refractivity contribution < 1.29 is 13.5 Å². The number of aryl methyl sites for hydroxylation is 1. The van der Waals surface area contributed by atoms with Gasteiger partial charge in [0.15, 0.2) is 0 Å². The molecule has 5 nitrogen and oxygen atoms in total. The van der Waals surface area contributed by atoms with E-state index in [0.29, 0.717) is 12.1 Å². The molecule has 2 N–H and O–H groups in total. The number of aromatic nitrogens is 1. The van der Waals surface area contributed by atoms with E-state index in [1.807, 2.05) is 6.92 Å². The van der Waals surface area contributed by atoms with Crippen molar-refractivity contribution in [3.8, 4) is 0 Å². The maximum Gasteiger partial charge on any atom is 0.271 e. The highest BCUT2D eigenvalue weighted by Crippen LogP contribution is 2.25. The molecule has 19 heavy (non-hydrogen) atoms. The van der Waals surface area contributed by atoms with Crippen LogP contribution in [0.2, 0.25) is 0 Å². The molecule has 0 aliphatic rings. The Morgan fingerprint density at radius 1 is 1.37 bits per heavy atom. The third-order valence-corrected chi connectivity index (χ3v) is 5.55. The fourth-order valence-corrected chi connectivity index (χ4v) is 3.97. The highest BCUT2D eigenvalue weighted by atomic mass is 32.2. The Labute approximate surface area is 116 Å². The number of aliphatic hydroxyl groups is 1. The van der Waals surface area contributed by atoms with Crippen molar-refractivity contribution in [2.45, 2.75) is 17.6 Å². The number of hydrogen-bond acceptors (Lipinski definition) is 5. The summed E-state index contributed by atoms with van der Waals surface area (Å²) >= 11 is 1.16. The largest absolute Gasteiger partial charge is 0.396 e. The van der Waals surface area contributed by atoms with E-state index in [1.54, 1.807) is 24.4 Å². The molecule has 0 aromatic carbocycles. The summed E-state index contributed by atoms with van der Waals surface area (Å²) in [6.07, 6.45) is 3.55. The Kier molecular flexibility index (Phi) is 4.18. The minimum Gasteiger partial charge on any atom is -0.396 e. The molecule has 0 unspecified atom stereocenters. The van der Waals surface area contributed by atoms with Gasteiger partial charge >= 0.3 is 0 Å². The van der Waals surface area contributed by atoms with Crippen molar-refractivity contribution in [2.75, 3.05) is 11.3 Å². The maximum absolute atomic E-state index is 12.2. The van der Waals surface area contributed by atoms with Crippen LogP contribution in [0.1, 0.15) is 10.4 Å². The Balaban J connectivity index is 2.25. The van der Waals surface area contributed by atoms with E-state index in [1.165, 1.54) is 6.20 Å². The number of nitrogens with zero attached hydrogens (tertiary/aromatic N) is 1. The van der Waals surface area contributed by atoms with Gasteiger partial charge in [-0.15, -0.1) is 11.3 Å². The minimum atomic E-state index is -3.59. The van der Waals surface area contributed by atoms with Crippen LogP contribution >= 0.6 is 11.3 Å². The summed E-state index contributed by atoms with van der Waals surface area (Å²) < 4.78 is 27.1. The molecule has 2 aromatic heterocycles. The average Bonchev–Trinajstić information content (AvgIpc) is 2.82. The number of anilines is 1. The van der Waals surface area contributed by atoms with Gasteiger partial charge in [-0.1, -0.05) is 0 Å². The lowest BCUT2D eigenvalue weighted by molar-refractivity contribution is 0.300. The molecule has 2 heterocycles. The molecule has 2 aromatic rings. The lowest BCUT2D eigenvalue weighted by Gasteiger charge is -2.07. The highest BCUT2D eigenvalue weighted by Gasteiger charge is 2.17. The molecule has 2 rings (SSSR count). The zero-order valence-corrected chi connectivity index (χ0v) is 12.0. The standard InChI is InChI=1S/C12H14N2O3S2/c1-9-4-6-13-8-11(9)14-19(16,17)12-3-2-10(18-12)5-7-15/h2-4,6,8,14-15H,5,7H2,1H3. The molecule has 0 amide bonds. The number of thiophene rings is 1. The van der Waals surface area contributed by atoms with E-state index in [2.05, 4.69) is 9.71 Å². The second-order valence-corrected chi connectivity index (χ2v) is 7.07. The Morgan fingerprint density at radius 3 is 2.84 bits per heavy atom. The number of aliphatic hydroxyl groups excluding tert-OH is 1. The van der Waals surface area contributed by atoms with Crippen LogP contribution in [0, 0.1) is 6.92 Å². The zero-order valence-electron chi connectivity index (χ0n) is 10.3. The lowest BCUT2D eigenvalue weighted by Crippen LogP contribution is -2.12. The summed E-state index contributed by atoms with van der Waals surface area (Å²) in [4.78, 5) is 4.74. The third-order valence-electron chi connectivity index (χ3n) is 2.54. The SMILES string of the molecule is Cc1ccncc1NS(=O)(=O)c1ccc(CCO)s1. The van der Waals surface area contributed by atoms with Gasteiger partial charge in [0.05, 0.1) is 11.9 Å². The molecular weight excluding hydrogens is 284 g/mol. The molecule has 7 heteroatoms. The van der Waals surface area contributed by atoms with Crippen molar-refractivity contribution in [1.29, 1.82) is 0 Å². The Morgan fingerprint density at radius 2 is 2.16 bits per heavy atom. The van der Waals surface area contributed by atoms with E-state index in [9.17, 15) is 8.42 Å². The number of pyridine rings is 1. The fourth-order valence-electron chi connectivity index (χ4n) is 1.51. The molecule has 0 aliphatic heterocycles. The highest BCUT2D eigenvalue weighted by molar-refractivity contribution is 7.94. The normalized spacial score (nSPS) is 11.5. The first-order chi connectivity index (χ1) is 9.03. The smallest absolute Gasteiger partial charge is 0.271 e.